The molecular formula is C21H25N5O3. The molecule has 4 rings (SSSR count). The summed E-state index contributed by atoms with van der Waals surface area (Å²) in [6.07, 6.45) is 8.55. The predicted molar refractivity (Wildman–Crippen MR) is 106 cm³/mol. The van der Waals surface area contributed by atoms with Crippen LogP contribution in [0.3, 0.4) is 0 Å². The Morgan fingerprint density at radius 2 is 2.03 bits per heavy atom. The van der Waals surface area contributed by atoms with Crippen LogP contribution in [-0.4, -0.2) is 50.6 Å². The Balaban J connectivity index is 1.39. The molecule has 0 saturated carbocycles. The zero-order valence-electron chi connectivity index (χ0n) is 16.3. The summed E-state index contributed by atoms with van der Waals surface area (Å²) in [5.41, 5.74) is 2.18. The lowest BCUT2D eigenvalue weighted by Gasteiger charge is -2.32. The number of hydrogen-bond acceptors (Lipinski definition) is 5. The zero-order valence-corrected chi connectivity index (χ0v) is 16.3. The third-order valence-corrected chi connectivity index (χ3v) is 5.69. The second-order valence-corrected chi connectivity index (χ2v) is 7.84. The quantitative estimate of drug-likeness (QED) is 0.634. The van der Waals surface area contributed by atoms with Crippen LogP contribution in [0.5, 0.6) is 0 Å². The molecule has 1 N–H and O–H groups in total. The van der Waals surface area contributed by atoms with E-state index in [2.05, 4.69) is 15.6 Å². The molecule has 2 aliphatic rings. The van der Waals surface area contributed by atoms with Gasteiger partial charge in [-0.3, -0.25) is 19.1 Å². The number of piperidine rings is 1. The minimum atomic E-state index is -0.660. The van der Waals surface area contributed by atoms with Gasteiger partial charge in [-0.05, 0) is 55.7 Å². The Bertz CT molecular complexity index is 909. The largest absolute Gasteiger partial charge is 0.334 e. The van der Waals surface area contributed by atoms with Gasteiger partial charge in [0.05, 0.1) is 6.20 Å². The normalized spacial score (nSPS) is 19.4. The van der Waals surface area contributed by atoms with E-state index in [0.717, 1.165) is 37.7 Å². The number of amides is 2. The lowest BCUT2D eigenvalue weighted by Crippen LogP contribution is -2.46. The van der Waals surface area contributed by atoms with Crippen molar-refractivity contribution in [2.24, 2.45) is 5.92 Å². The van der Waals surface area contributed by atoms with E-state index in [1.165, 1.54) is 0 Å². The van der Waals surface area contributed by atoms with Crippen molar-refractivity contribution in [2.75, 3.05) is 18.4 Å². The lowest BCUT2D eigenvalue weighted by molar-refractivity contribution is -0.144. The van der Waals surface area contributed by atoms with E-state index in [0.29, 0.717) is 37.3 Å². The van der Waals surface area contributed by atoms with E-state index in [-0.39, 0.29) is 11.7 Å². The summed E-state index contributed by atoms with van der Waals surface area (Å²) < 4.78 is 1.76. The Morgan fingerprint density at radius 3 is 2.86 bits per heavy atom. The van der Waals surface area contributed by atoms with Crippen LogP contribution in [0.1, 0.15) is 48.0 Å². The Morgan fingerprint density at radius 1 is 1.17 bits per heavy atom. The number of ketones is 1. The van der Waals surface area contributed by atoms with Gasteiger partial charge in [0.25, 0.3) is 0 Å². The number of anilines is 1. The van der Waals surface area contributed by atoms with Crippen LogP contribution in [0.15, 0.2) is 30.6 Å². The number of aryl methyl sites for hydroxylation is 1. The molecule has 152 valence electrons. The number of aromatic nitrogens is 3. The van der Waals surface area contributed by atoms with Crippen molar-refractivity contribution >= 4 is 23.3 Å². The number of carbonyl (C=O) groups excluding carboxylic acids is 3. The highest BCUT2D eigenvalue weighted by Crippen LogP contribution is 2.24. The van der Waals surface area contributed by atoms with Gasteiger partial charge in [0.1, 0.15) is 0 Å². The van der Waals surface area contributed by atoms with E-state index < -0.39 is 11.8 Å². The number of nitrogens with one attached hydrogen (secondary N) is 1. The van der Waals surface area contributed by atoms with Gasteiger partial charge in [0.2, 0.25) is 0 Å². The SMILES string of the molecule is O=C(Nc1ccc2c(c1)C(=O)CCCC2)C(=O)N1CCCC(Cn2ccnn2)C1. The van der Waals surface area contributed by atoms with Crippen LogP contribution < -0.4 is 5.32 Å². The van der Waals surface area contributed by atoms with Crippen molar-refractivity contribution in [2.45, 2.75) is 45.1 Å². The maximum atomic E-state index is 12.7. The molecule has 0 spiro atoms. The average molecular weight is 395 g/mol. The summed E-state index contributed by atoms with van der Waals surface area (Å²) >= 11 is 0. The number of fused-ring (bicyclic) bond motifs is 1. The second-order valence-electron chi connectivity index (χ2n) is 7.84. The Labute approximate surface area is 169 Å². The molecule has 1 aliphatic heterocycles. The molecule has 1 saturated heterocycles. The smallest absolute Gasteiger partial charge is 0.313 e. The minimum Gasteiger partial charge on any atom is -0.334 e. The molecule has 1 aromatic heterocycles. The molecule has 1 atom stereocenters. The number of carbonyl (C=O) groups is 3. The number of Topliss-reactive ketones (excluding diaryl/α,β-unsaturated/α-hetero) is 1. The van der Waals surface area contributed by atoms with Crippen LogP contribution >= 0.6 is 0 Å². The van der Waals surface area contributed by atoms with Crippen molar-refractivity contribution < 1.29 is 14.4 Å². The van der Waals surface area contributed by atoms with Crippen molar-refractivity contribution in [3.05, 3.63) is 41.7 Å². The summed E-state index contributed by atoms with van der Waals surface area (Å²) in [6.45, 7) is 1.77. The topological polar surface area (TPSA) is 97.2 Å². The molecule has 0 bridgehead atoms. The van der Waals surface area contributed by atoms with Crippen molar-refractivity contribution in [3.63, 3.8) is 0 Å². The van der Waals surface area contributed by atoms with Gasteiger partial charge in [-0.2, -0.15) is 0 Å². The van der Waals surface area contributed by atoms with Gasteiger partial charge in [-0.25, -0.2) is 0 Å². The standard InChI is InChI=1S/C21H25N5O3/c27-19-6-2-1-5-16-7-8-17(12-18(16)19)23-20(28)21(29)25-10-3-4-15(13-25)14-26-11-9-22-24-26/h7-9,11-12,15H,1-6,10,13-14H2,(H,23,28). The first-order valence-corrected chi connectivity index (χ1v) is 10.2. The number of rotatable bonds is 3. The van der Waals surface area contributed by atoms with Gasteiger partial charge in [-0.15, -0.1) is 5.10 Å². The first-order valence-electron chi connectivity index (χ1n) is 10.2. The molecule has 8 nitrogen and oxygen atoms in total. The van der Waals surface area contributed by atoms with Crippen LogP contribution in [0, 0.1) is 5.92 Å². The molecule has 8 heteroatoms. The number of nitrogens with zero attached hydrogens (tertiary/aromatic N) is 4. The summed E-state index contributed by atoms with van der Waals surface area (Å²) in [5.74, 6) is -0.846. The lowest BCUT2D eigenvalue weighted by atomic mass is 9.98. The first-order chi connectivity index (χ1) is 14.1. The summed E-state index contributed by atoms with van der Waals surface area (Å²) in [6, 6.07) is 5.36. The number of hydrogen-bond donors (Lipinski definition) is 1. The summed E-state index contributed by atoms with van der Waals surface area (Å²) in [4.78, 5) is 39.1. The monoisotopic (exact) mass is 395 g/mol. The van der Waals surface area contributed by atoms with Crippen molar-refractivity contribution in [3.8, 4) is 0 Å². The second kappa shape index (κ2) is 8.55. The summed E-state index contributed by atoms with van der Waals surface area (Å²) in [5, 5.41) is 10.5. The maximum absolute atomic E-state index is 12.7. The molecule has 0 radical (unpaired) electrons. The van der Waals surface area contributed by atoms with E-state index in [9.17, 15) is 14.4 Å². The highest BCUT2D eigenvalue weighted by atomic mass is 16.2. The molecule has 2 heterocycles. The molecule has 2 amide bonds. The fourth-order valence-electron chi connectivity index (χ4n) is 4.19. The van der Waals surface area contributed by atoms with Gasteiger partial charge in [-0.1, -0.05) is 11.3 Å². The van der Waals surface area contributed by atoms with Crippen LogP contribution in [0.4, 0.5) is 5.69 Å². The highest BCUT2D eigenvalue weighted by Gasteiger charge is 2.28. The maximum Gasteiger partial charge on any atom is 0.313 e. The average Bonchev–Trinajstić information content (AvgIpc) is 3.17. The van der Waals surface area contributed by atoms with Crippen molar-refractivity contribution in [1.29, 1.82) is 0 Å². The zero-order chi connectivity index (χ0) is 20.2. The molecule has 1 aromatic carbocycles. The fraction of sp³-hybridized carbons (Fsp3) is 0.476. The van der Waals surface area contributed by atoms with E-state index in [1.54, 1.807) is 34.1 Å². The third-order valence-electron chi connectivity index (χ3n) is 5.69. The Kier molecular flexibility index (Phi) is 5.69. The van der Waals surface area contributed by atoms with Crippen LogP contribution in [0.25, 0.3) is 0 Å². The van der Waals surface area contributed by atoms with Crippen LogP contribution in [0.2, 0.25) is 0 Å². The van der Waals surface area contributed by atoms with E-state index in [4.69, 9.17) is 0 Å². The molecule has 1 aliphatic carbocycles. The van der Waals surface area contributed by atoms with E-state index in [1.807, 2.05) is 6.07 Å². The number of benzene rings is 1. The van der Waals surface area contributed by atoms with E-state index >= 15 is 0 Å². The predicted octanol–water partition coefficient (Wildman–Crippen LogP) is 2.06. The van der Waals surface area contributed by atoms with Crippen LogP contribution in [-0.2, 0) is 22.6 Å². The third kappa shape index (κ3) is 4.52. The molecule has 29 heavy (non-hydrogen) atoms. The minimum absolute atomic E-state index is 0.104. The van der Waals surface area contributed by atoms with Gasteiger partial charge in [0.15, 0.2) is 5.78 Å². The first kappa shape index (κ1) is 19.3. The van der Waals surface area contributed by atoms with Gasteiger partial charge < -0.3 is 10.2 Å². The summed E-state index contributed by atoms with van der Waals surface area (Å²) in [7, 11) is 0. The number of likely N-dealkylation sites (tertiary alicyclic amines) is 1. The highest BCUT2D eigenvalue weighted by molar-refractivity contribution is 6.39. The molecule has 1 fully saturated rings. The fourth-order valence-corrected chi connectivity index (χ4v) is 4.19. The van der Waals surface area contributed by atoms with Crippen molar-refractivity contribution in [1.82, 2.24) is 19.9 Å². The Hall–Kier alpha value is -3.03. The van der Waals surface area contributed by atoms with Gasteiger partial charge in [0, 0.05) is 43.5 Å². The molecule has 2 aromatic rings. The molecule has 1 unspecified atom stereocenters. The molecular weight excluding hydrogens is 370 g/mol. The van der Waals surface area contributed by atoms with Gasteiger partial charge >= 0.3 is 11.8 Å².